The van der Waals surface area contributed by atoms with Crippen LogP contribution in [0.25, 0.3) is 6.08 Å². The summed E-state index contributed by atoms with van der Waals surface area (Å²) < 4.78 is 0. The second-order valence-corrected chi connectivity index (χ2v) is 8.74. The minimum atomic E-state index is -1.19. The average Bonchev–Trinajstić information content (AvgIpc) is 2.65. The van der Waals surface area contributed by atoms with Gasteiger partial charge in [-0.1, -0.05) is 50.1 Å². The van der Waals surface area contributed by atoms with Gasteiger partial charge in [0.05, 0.1) is 0 Å². The molecule has 0 radical (unpaired) electrons. The number of nitrogens with zero attached hydrogens (tertiary/aromatic N) is 1. The number of hydrogen-bond acceptors (Lipinski definition) is 4. The standard InChI is InChI=1S/C23H39BN2O2/c1-4-5-11-22-19(2)9-8-10-20(22)18-26-16-12-21(13-17-26)23(3,25)14-6-7-15-24(27)28/h5,8-11,21,27-28H,4,6-7,12-18,25H2,1-3H3/b11-5-. The third-order valence-corrected chi connectivity index (χ3v) is 6.28. The number of hydrogen-bond donors (Lipinski definition) is 3. The van der Waals surface area contributed by atoms with E-state index in [1.165, 1.54) is 16.7 Å². The summed E-state index contributed by atoms with van der Waals surface area (Å²) >= 11 is 0. The molecule has 1 aliphatic heterocycles. The Morgan fingerprint density at radius 1 is 1.25 bits per heavy atom. The summed E-state index contributed by atoms with van der Waals surface area (Å²) in [4.78, 5) is 2.56. The predicted molar refractivity (Wildman–Crippen MR) is 120 cm³/mol. The summed E-state index contributed by atoms with van der Waals surface area (Å²) in [5.41, 5.74) is 10.6. The summed E-state index contributed by atoms with van der Waals surface area (Å²) in [5.74, 6) is 0.541. The van der Waals surface area contributed by atoms with Gasteiger partial charge in [-0.15, -0.1) is 0 Å². The minimum Gasteiger partial charge on any atom is -0.427 e. The molecular weight excluding hydrogens is 347 g/mol. The molecule has 4 N–H and O–H groups in total. The Morgan fingerprint density at radius 3 is 2.61 bits per heavy atom. The molecule has 4 nitrogen and oxygen atoms in total. The lowest BCUT2D eigenvalue weighted by Gasteiger charge is -2.41. The highest BCUT2D eigenvalue weighted by atomic mass is 16.4. The number of rotatable bonds is 10. The molecule has 156 valence electrons. The number of benzene rings is 1. The first-order valence-corrected chi connectivity index (χ1v) is 11.0. The van der Waals surface area contributed by atoms with Gasteiger partial charge in [0.1, 0.15) is 0 Å². The zero-order valence-electron chi connectivity index (χ0n) is 18.0. The second-order valence-electron chi connectivity index (χ2n) is 8.74. The van der Waals surface area contributed by atoms with Crippen LogP contribution in [0.15, 0.2) is 24.3 Å². The first kappa shape index (κ1) is 23.1. The molecular formula is C23H39BN2O2. The number of likely N-dealkylation sites (tertiary alicyclic amines) is 1. The smallest absolute Gasteiger partial charge is 0.427 e. The highest BCUT2D eigenvalue weighted by molar-refractivity contribution is 6.40. The Bertz CT molecular complexity index is 623. The normalized spacial score (nSPS) is 18.5. The van der Waals surface area contributed by atoms with Crippen LogP contribution in [-0.2, 0) is 6.54 Å². The van der Waals surface area contributed by atoms with Crippen molar-refractivity contribution in [3.8, 4) is 0 Å². The molecule has 0 aliphatic carbocycles. The van der Waals surface area contributed by atoms with Crippen LogP contribution in [-0.4, -0.2) is 40.7 Å². The summed E-state index contributed by atoms with van der Waals surface area (Å²) in [6.45, 7) is 9.75. The lowest BCUT2D eigenvalue weighted by molar-refractivity contribution is 0.125. The molecule has 1 fully saturated rings. The molecule has 1 aromatic carbocycles. The van der Waals surface area contributed by atoms with E-state index in [9.17, 15) is 0 Å². The van der Waals surface area contributed by atoms with Crippen LogP contribution in [0.4, 0.5) is 0 Å². The molecule has 0 spiro atoms. The second kappa shape index (κ2) is 11.2. The Balaban J connectivity index is 1.87. The van der Waals surface area contributed by atoms with E-state index in [-0.39, 0.29) is 5.54 Å². The van der Waals surface area contributed by atoms with E-state index >= 15 is 0 Å². The first-order chi connectivity index (χ1) is 13.3. The van der Waals surface area contributed by atoms with Crippen molar-refractivity contribution in [1.29, 1.82) is 0 Å². The molecule has 1 heterocycles. The summed E-state index contributed by atoms with van der Waals surface area (Å²) in [6, 6.07) is 6.62. The number of aryl methyl sites for hydroxylation is 1. The van der Waals surface area contributed by atoms with E-state index in [1.54, 1.807) is 0 Å². The van der Waals surface area contributed by atoms with E-state index in [1.807, 2.05) is 0 Å². The third kappa shape index (κ3) is 7.04. The summed E-state index contributed by atoms with van der Waals surface area (Å²) in [5, 5.41) is 18.0. The molecule has 0 bridgehead atoms. The van der Waals surface area contributed by atoms with Gasteiger partial charge in [-0.2, -0.15) is 0 Å². The van der Waals surface area contributed by atoms with E-state index in [2.05, 4.69) is 56.0 Å². The molecule has 1 unspecified atom stereocenters. The monoisotopic (exact) mass is 386 g/mol. The van der Waals surface area contributed by atoms with Crippen LogP contribution in [0, 0.1) is 12.8 Å². The number of allylic oxidation sites excluding steroid dienone is 1. The van der Waals surface area contributed by atoms with E-state index < -0.39 is 7.12 Å². The molecule has 28 heavy (non-hydrogen) atoms. The van der Waals surface area contributed by atoms with E-state index in [0.717, 1.165) is 58.2 Å². The molecule has 0 saturated carbocycles. The molecule has 0 aromatic heterocycles. The van der Waals surface area contributed by atoms with Crippen LogP contribution < -0.4 is 5.73 Å². The van der Waals surface area contributed by atoms with E-state index in [4.69, 9.17) is 15.8 Å². The van der Waals surface area contributed by atoms with Gasteiger partial charge in [-0.3, -0.25) is 4.90 Å². The maximum atomic E-state index is 8.98. The van der Waals surface area contributed by atoms with Crippen LogP contribution in [0.1, 0.15) is 69.1 Å². The van der Waals surface area contributed by atoms with Crippen molar-refractivity contribution < 1.29 is 10.0 Å². The average molecular weight is 386 g/mol. The molecule has 1 atom stereocenters. The van der Waals surface area contributed by atoms with Crippen molar-refractivity contribution in [2.24, 2.45) is 11.7 Å². The number of nitrogens with two attached hydrogens (primary N) is 1. The first-order valence-electron chi connectivity index (χ1n) is 11.0. The largest absolute Gasteiger partial charge is 0.451 e. The van der Waals surface area contributed by atoms with E-state index in [0.29, 0.717) is 12.2 Å². The Labute approximate surface area is 172 Å². The van der Waals surface area contributed by atoms with Crippen molar-refractivity contribution >= 4 is 13.2 Å². The van der Waals surface area contributed by atoms with Gasteiger partial charge >= 0.3 is 7.12 Å². The van der Waals surface area contributed by atoms with Gasteiger partial charge in [0.25, 0.3) is 0 Å². The lowest BCUT2D eigenvalue weighted by atomic mass is 9.75. The Morgan fingerprint density at radius 2 is 1.96 bits per heavy atom. The van der Waals surface area contributed by atoms with Gasteiger partial charge < -0.3 is 15.8 Å². The third-order valence-electron chi connectivity index (χ3n) is 6.28. The van der Waals surface area contributed by atoms with Gasteiger partial charge in [-0.05, 0) is 81.5 Å². The topological polar surface area (TPSA) is 69.7 Å². The van der Waals surface area contributed by atoms with Gasteiger partial charge in [0, 0.05) is 12.1 Å². The molecule has 1 saturated heterocycles. The predicted octanol–water partition coefficient (Wildman–Crippen LogP) is 3.99. The molecule has 2 rings (SSSR count). The van der Waals surface area contributed by atoms with Gasteiger partial charge in [0.15, 0.2) is 0 Å². The zero-order chi connectivity index (χ0) is 20.6. The molecule has 5 heteroatoms. The Kier molecular flexibility index (Phi) is 9.22. The van der Waals surface area contributed by atoms with Crippen molar-refractivity contribution in [1.82, 2.24) is 4.90 Å². The molecule has 0 amide bonds. The van der Waals surface area contributed by atoms with Crippen molar-refractivity contribution in [3.63, 3.8) is 0 Å². The number of piperidine rings is 1. The summed E-state index contributed by atoms with van der Waals surface area (Å²) in [7, 11) is -1.19. The summed E-state index contributed by atoms with van der Waals surface area (Å²) in [6.07, 6.45) is 11.0. The van der Waals surface area contributed by atoms with Crippen LogP contribution in [0.3, 0.4) is 0 Å². The minimum absolute atomic E-state index is 0.162. The highest BCUT2D eigenvalue weighted by Crippen LogP contribution is 2.31. The van der Waals surface area contributed by atoms with Gasteiger partial charge in [-0.25, -0.2) is 0 Å². The molecule has 1 aliphatic rings. The highest BCUT2D eigenvalue weighted by Gasteiger charge is 2.32. The van der Waals surface area contributed by atoms with Crippen molar-refractivity contribution in [2.45, 2.75) is 77.7 Å². The fraction of sp³-hybridized carbons (Fsp3) is 0.652. The van der Waals surface area contributed by atoms with Crippen molar-refractivity contribution in [3.05, 3.63) is 41.0 Å². The maximum Gasteiger partial charge on any atom is 0.451 e. The maximum absolute atomic E-state index is 8.98. The van der Waals surface area contributed by atoms with Crippen LogP contribution >= 0.6 is 0 Å². The fourth-order valence-corrected chi connectivity index (χ4v) is 4.38. The SMILES string of the molecule is CC/C=C\c1c(C)cccc1CN1CCC(C(C)(N)CCCCB(O)O)CC1. The van der Waals surface area contributed by atoms with Crippen LogP contribution in [0.2, 0.25) is 6.32 Å². The van der Waals surface area contributed by atoms with Gasteiger partial charge in [0.2, 0.25) is 0 Å². The molecule has 1 aromatic rings. The lowest BCUT2D eigenvalue weighted by Crippen LogP contribution is -2.49. The fourth-order valence-electron chi connectivity index (χ4n) is 4.38. The Hall–Kier alpha value is -1.14. The van der Waals surface area contributed by atoms with Crippen LogP contribution in [0.5, 0.6) is 0 Å². The quantitative estimate of drug-likeness (QED) is 0.420. The number of unbranched alkanes of at least 4 members (excludes halogenated alkanes) is 1. The zero-order valence-corrected chi connectivity index (χ0v) is 18.0. The van der Waals surface area contributed by atoms with Crippen molar-refractivity contribution in [2.75, 3.05) is 13.1 Å².